The predicted octanol–water partition coefficient (Wildman–Crippen LogP) is 3.75. The number of carbonyl (C=O) groups excluding carboxylic acids is 1. The highest BCUT2D eigenvalue weighted by Crippen LogP contribution is 2.19. The third-order valence-electron chi connectivity index (χ3n) is 4.85. The van der Waals surface area contributed by atoms with Crippen LogP contribution in [0.1, 0.15) is 30.1 Å². The van der Waals surface area contributed by atoms with Crippen LogP contribution in [0.2, 0.25) is 0 Å². The number of ether oxygens (including phenoxy) is 3. The van der Waals surface area contributed by atoms with E-state index < -0.39 is 0 Å². The van der Waals surface area contributed by atoms with Gasteiger partial charge in [-0.15, -0.1) is 0 Å². The molecule has 3 N–H and O–H groups in total. The molecule has 0 aliphatic rings. The van der Waals surface area contributed by atoms with Gasteiger partial charge in [-0.3, -0.25) is 4.79 Å². The second-order valence-corrected chi connectivity index (χ2v) is 7.73. The van der Waals surface area contributed by atoms with Gasteiger partial charge in [0.05, 0.1) is 26.4 Å². The maximum Gasteiger partial charge on any atom is 0.328 e. The molecule has 3 rings (SSSR count). The van der Waals surface area contributed by atoms with Crippen molar-refractivity contribution in [2.24, 2.45) is 0 Å². The first-order valence-corrected chi connectivity index (χ1v) is 12.2. The van der Waals surface area contributed by atoms with Crippen LogP contribution in [0.5, 0.6) is 11.8 Å². The van der Waals surface area contributed by atoms with Crippen LogP contribution in [0.15, 0.2) is 60.7 Å². The fraction of sp³-hybridized carbons (Fsp3) is 0.385. The van der Waals surface area contributed by atoms with Crippen LogP contribution in [0, 0.1) is 0 Å². The molecular weight excluding hydrogens is 460 g/mol. The molecule has 0 saturated carbocycles. The summed E-state index contributed by atoms with van der Waals surface area (Å²) in [5.41, 5.74) is 0.633. The summed E-state index contributed by atoms with van der Waals surface area (Å²) >= 11 is 0. The fourth-order valence-corrected chi connectivity index (χ4v) is 3.02. The molecular formula is C26H34N6O4. The number of hydrogen-bond donors (Lipinski definition) is 3. The lowest BCUT2D eigenvalue weighted by molar-refractivity contribution is 0.0519. The number of amides is 1. The molecule has 0 saturated heterocycles. The van der Waals surface area contributed by atoms with Gasteiger partial charge >= 0.3 is 6.01 Å². The van der Waals surface area contributed by atoms with Crippen LogP contribution in [0.25, 0.3) is 0 Å². The number of para-hydroxylation sites is 1. The Labute approximate surface area is 211 Å². The summed E-state index contributed by atoms with van der Waals surface area (Å²) in [5.74, 6) is 1.41. The standard InChI is InChI=1S/C26H34N6O4/c1-2-3-14-28-24-30-25(32-26(31-24)36-22-12-8-5-9-13-22)29-16-18-35-20-19-34-17-15-27-23(33)21-10-6-4-7-11-21/h4-13H,2-3,14-20H2,1H3,(H,27,33)(H2,28,29,30,31,32). The Morgan fingerprint density at radius 2 is 1.36 bits per heavy atom. The Bertz CT molecular complexity index is 1020. The summed E-state index contributed by atoms with van der Waals surface area (Å²) in [6, 6.07) is 18.7. The number of aromatic nitrogens is 3. The van der Waals surface area contributed by atoms with Gasteiger partial charge < -0.3 is 30.2 Å². The molecule has 0 spiro atoms. The Kier molecular flexibility index (Phi) is 11.9. The van der Waals surface area contributed by atoms with Crippen molar-refractivity contribution < 1.29 is 19.0 Å². The lowest BCUT2D eigenvalue weighted by Crippen LogP contribution is -2.27. The maximum absolute atomic E-state index is 11.9. The summed E-state index contributed by atoms with van der Waals surface area (Å²) in [6.07, 6.45) is 2.08. The van der Waals surface area contributed by atoms with Crippen LogP contribution in [0.4, 0.5) is 11.9 Å². The number of anilines is 2. The molecule has 1 heterocycles. The maximum atomic E-state index is 11.9. The summed E-state index contributed by atoms with van der Waals surface area (Å²) in [6.45, 7) is 5.60. The molecule has 36 heavy (non-hydrogen) atoms. The molecule has 0 aliphatic heterocycles. The van der Waals surface area contributed by atoms with E-state index in [1.807, 2.05) is 48.5 Å². The van der Waals surface area contributed by atoms with Gasteiger partial charge in [0.1, 0.15) is 5.75 Å². The number of benzene rings is 2. The molecule has 0 fully saturated rings. The first-order valence-electron chi connectivity index (χ1n) is 12.2. The van der Waals surface area contributed by atoms with E-state index in [1.54, 1.807) is 12.1 Å². The minimum Gasteiger partial charge on any atom is -0.424 e. The van der Waals surface area contributed by atoms with Gasteiger partial charge in [-0.1, -0.05) is 49.7 Å². The topological polar surface area (TPSA) is 120 Å². The predicted molar refractivity (Wildman–Crippen MR) is 139 cm³/mol. The molecule has 0 unspecified atom stereocenters. The normalized spacial score (nSPS) is 10.6. The first kappa shape index (κ1) is 26.8. The number of unbranched alkanes of at least 4 members (excludes halogenated alkanes) is 1. The van der Waals surface area contributed by atoms with Crippen molar-refractivity contribution in [2.75, 3.05) is 56.7 Å². The second kappa shape index (κ2) is 16.0. The van der Waals surface area contributed by atoms with Crippen LogP contribution in [-0.2, 0) is 9.47 Å². The molecule has 192 valence electrons. The van der Waals surface area contributed by atoms with Crippen molar-refractivity contribution >= 4 is 17.8 Å². The zero-order valence-electron chi connectivity index (χ0n) is 20.6. The Morgan fingerprint density at radius 1 is 0.750 bits per heavy atom. The molecule has 2 aromatic carbocycles. The average Bonchev–Trinajstić information content (AvgIpc) is 2.91. The molecule has 10 heteroatoms. The summed E-state index contributed by atoms with van der Waals surface area (Å²) < 4.78 is 16.9. The van der Waals surface area contributed by atoms with Crippen molar-refractivity contribution in [3.8, 4) is 11.8 Å². The van der Waals surface area contributed by atoms with Crippen LogP contribution < -0.4 is 20.7 Å². The van der Waals surface area contributed by atoms with E-state index in [4.69, 9.17) is 14.2 Å². The van der Waals surface area contributed by atoms with Gasteiger partial charge in [-0.05, 0) is 30.7 Å². The van der Waals surface area contributed by atoms with Crippen molar-refractivity contribution in [3.63, 3.8) is 0 Å². The van der Waals surface area contributed by atoms with Crippen LogP contribution in [-0.4, -0.2) is 66.9 Å². The van der Waals surface area contributed by atoms with Crippen molar-refractivity contribution in [2.45, 2.75) is 19.8 Å². The highest BCUT2D eigenvalue weighted by atomic mass is 16.5. The highest BCUT2D eigenvalue weighted by Gasteiger charge is 2.09. The van der Waals surface area contributed by atoms with Gasteiger partial charge in [0.15, 0.2) is 0 Å². The van der Waals surface area contributed by atoms with E-state index >= 15 is 0 Å². The molecule has 1 aromatic heterocycles. The number of rotatable bonds is 17. The minimum absolute atomic E-state index is 0.110. The molecule has 0 aliphatic carbocycles. The number of carbonyl (C=O) groups is 1. The molecule has 0 atom stereocenters. The van der Waals surface area contributed by atoms with E-state index in [1.165, 1.54) is 0 Å². The fourth-order valence-electron chi connectivity index (χ4n) is 3.02. The lowest BCUT2D eigenvalue weighted by Gasteiger charge is -2.11. The van der Waals surface area contributed by atoms with E-state index in [0.29, 0.717) is 62.7 Å². The van der Waals surface area contributed by atoms with Gasteiger partial charge in [0, 0.05) is 25.2 Å². The van der Waals surface area contributed by atoms with E-state index in [9.17, 15) is 4.79 Å². The van der Waals surface area contributed by atoms with Gasteiger partial charge in [0.25, 0.3) is 5.91 Å². The van der Waals surface area contributed by atoms with Crippen LogP contribution >= 0.6 is 0 Å². The Morgan fingerprint density at radius 3 is 2.03 bits per heavy atom. The number of nitrogens with zero attached hydrogens (tertiary/aromatic N) is 3. The van der Waals surface area contributed by atoms with Crippen molar-refractivity contribution in [1.82, 2.24) is 20.3 Å². The first-order chi connectivity index (χ1) is 17.7. The highest BCUT2D eigenvalue weighted by molar-refractivity contribution is 5.94. The van der Waals surface area contributed by atoms with Gasteiger partial charge in [-0.25, -0.2) is 0 Å². The van der Waals surface area contributed by atoms with Crippen molar-refractivity contribution in [3.05, 3.63) is 66.2 Å². The van der Waals surface area contributed by atoms with Gasteiger partial charge in [0.2, 0.25) is 11.9 Å². The van der Waals surface area contributed by atoms with E-state index in [2.05, 4.69) is 37.8 Å². The second-order valence-electron chi connectivity index (χ2n) is 7.73. The quantitative estimate of drug-likeness (QED) is 0.241. The molecule has 1 amide bonds. The molecule has 10 nitrogen and oxygen atoms in total. The molecule has 3 aromatic rings. The zero-order valence-corrected chi connectivity index (χ0v) is 20.6. The smallest absolute Gasteiger partial charge is 0.328 e. The van der Waals surface area contributed by atoms with E-state index in [0.717, 1.165) is 19.4 Å². The number of nitrogens with one attached hydrogen (secondary N) is 3. The largest absolute Gasteiger partial charge is 0.424 e. The van der Waals surface area contributed by atoms with Crippen LogP contribution in [0.3, 0.4) is 0 Å². The molecule has 0 bridgehead atoms. The zero-order chi connectivity index (χ0) is 25.3. The third kappa shape index (κ3) is 10.2. The minimum atomic E-state index is -0.110. The summed E-state index contributed by atoms with van der Waals surface area (Å²) in [5, 5.41) is 9.17. The monoisotopic (exact) mass is 494 g/mol. The van der Waals surface area contributed by atoms with Crippen molar-refractivity contribution in [1.29, 1.82) is 0 Å². The Balaban J connectivity index is 1.32. The van der Waals surface area contributed by atoms with E-state index in [-0.39, 0.29) is 11.9 Å². The Hall–Kier alpha value is -3.76. The SMILES string of the molecule is CCCCNc1nc(NCCOCCOCCNC(=O)c2ccccc2)nc(Oc2ccccc2)n1. The number of hydrogen-bond acceptors (Lipinski definition) is 9. The molecule has 0 radical (unpaired) electrons. The average molecular weight is 495 g/mol. The third-order valence-corrected chi connectivity index (χ3v) is 4.85. The summed E-state index contributed by atoms with van der Waals surface area (Å²) in [4.78, 5) is 25.1. The summed E-state index contributed by atoms with van der Waals surface area (Å²) in [7, 11) is 0. The van der Waals surface area contributed by atoms with Gasteiger partial charge in [-0.2, -0.15) is 15.0 Å². The lowest BCUT2D eigenvalue weighted by atomic mass is 10.2.